The number of hydrogen-bond acceptors (Lipinski definition) is 3. The van der Waals surface area contributed by atoms with Crippen LogP contribution >= 0.6 is 0 Å². The van der Waals surface area contributed by atoms with Crippen molar-refractivity contribution in [3.05, 3.63) is 0 Å². The topological polar surface area (TPSA) is 75.4 Å². The minimum absolute atomic E-state index is 0.0232. The van der Waals surface area contributed by atoms with E-state index in [2.05, 4.69) is 5.32 Å². The van der Waals surface area contributed by atoms with Crippen LogP contribution in [-0.2, 0) is 9.59 Å². The molecule has 2 amide bonds. The standard InChI is InChI=1S/C11H21N3O2/c1-3-14-7-9(6-10(14)15)11(16)13-5-4-8(2)12/h8-9H,3-7,12H2,1-2H3,(H,13,16). The number of carbonyl (C=O) groups is 2. The van der Waals surface area contributed by atoms with Gasteiger partial charge in [-0.2, -0.15) is 0 Å². The van der Waals surface area contributed by atoms with Gasteiger partial charge in [-0.15, -0.1) is 0 Å². The van der Waals surface area contributed by atoms with Gasteiger partial charge >= 0.3 is 0 Å². The van der Waals surface area contributed by atoms with Crippen LogP contribution in [0.1, 0.15) is 26.7 Å². The maximum atomic E-state index is 11.7. The van der Waals surface area contributed by atoms with Gasteiger partial charge in [0, 0.05) is 32.1 Å². The van der Waals surface area contributed by atoms with Gasteiger partial charge < -0.3 is 16.0 Å². The van der Waals surface area contributed by atoms with Crippen LogP contribution in [-0.4, -0.2) is 42.4 Å². The molecule has 5 heteroatoms. The summed E-state index contributed by atoms with van der Waals surface area (Å²) < 4.78 is 0. The molecule has 5 nitrogen and oxygen atoms in total. The van der Waals surface area contributed by atoms with Crippen molar-refractivity contribution in [2.75, 3.05) is 19.6 Å². The first-order valence-electron chi connectivity index (χ1n) is 5.85. The molecule has 0 radical (unpaired) electrons. The molecule has 1 rings (SSSR count). The van der Waals surface area contributed by atoms with Crippen molar-refractivity contribution in [2.24, 2.45) is 11.7 Å². The molecular formula is C11H21N3O2. The van der Waals surface area contributed by atoms with Crippen molar-refractivity contribution >= 4 is 11.8 Å². The second-order valence-electron chi connectivity index (χ2n) is 4.39. The molecule has 1 heterocycles. The second-order valence-corrected chi connectivity index (χ2v) is 4.39. The Kier molecular flexibility index (Phi) is 4.73. The van der Waals surface area contributed by atoms with Crippen LogP contribution in [0.15, 0.2) is 0 Å². The average molecular weight is 227 g/mol. The Morgan fingerprint density at radius 3 is 2.88 bits per heavy atom. The van der Waals surface area contributed by atoms with Crippen LogP contribution in [0.4, 0.5) is 0 Å². The molecular weight excluding hydrogens is 206 g/mol. The number of hydrogen-bond donors (Lipinski definition) is 2. The van der Waals surface area contributed by atoms with Gasteiger partial charge in [0.1, 0.15) is 0 Å². The van der Waals surface area contributed by atoms with Crippen molar-refractivity contribution in [3.63, 3.8) is 0 Å². The third-order valence-electron chi connectivity index (χ3n) is 2.87. The zero-order chi connectivity index (χ0) is 12.1. The first-order valence-corrected chi connectivity index (χ1v) is 5.85. The zero-order valence-electron chi connectivity index (χ0n) is 10.0. The molecule has 2 atom stereocenters. The fraction of sp³-hybridized carbons (Fsp3) is 0.818. The van der Waals surface area contributed by atoms with Gasteiger partial charge in [0.25, 0.3) is 0 Å². The minimum Gasteiger partial charge on any atom is -0.356 e. The van der Waals surface area contributed by atoms with Crippen LogP contribution in [0.5, 0.6) is 0 Å². The molecule has 16 heavy (non-hydrogen) atoms. The largest absolute Gasteiger partial charge is 0.356 e. The number of carbonyl (C=O) groups excluding carboxylic acids is 2. The predicted octanol–water partition coefficient (Wildman–Crippen LogP) is -0.292. The summed E-state index contributed by atoms with van der Waals surface area (Å²) in [5, 5.41) is 2.82. The third-order valence-corrected chi connectivity index (χ3v) is 2.87. The number of amides is 2. The molecule has 1 fully saturated rings. The molecule has 1 aliphatic heterocycles. The lowest BCUT2D eigenvalue weighted by Crippen LogP contribution is -2.35. The van der Waals surface area contributed by atoms with Crippen LogP contribution < -0.4 is 11.1 Å². The van der Waals surface area contributed by atoms with Gasteiger partial charge in [-0.25, -0.2) is 0 Å². The van der Waals surface area contributed by atoms with Gasteiger partial charge in [0.05, 0.1) is 5.92 Å². The molecule has 1 saturated heterocycles. The number of nitrogens with zero attached hydrogens (tertiary/aromatic N) is 1. The Morgan fingerprint density at radius 1 is 1.69 bits per heavy atom. The average Bonchev–Trinajstić information content (AvgIpc) is 2.59. The molecule has 3 N–H and O–H groups in total. The third kappa shape index (κ3) is 3.48. The number of likely N-dealkylation sites (tertiary alicyclic amines) is 1. The zero-order valence-corrected chi connectivity index (χ0v) is 10.0. The normalized spacial score (nSPS) is 22.3. The summed E-state index contributed by atoms with van der Waals surface area (Å²) in [6.45, 7) is 5.66. The summed E-state index contributed by atoms with van der Waals surface area (Å²) in [6.07, 6.45) is 1.11. The minimum atomic E-state index is -0.180. The Morgan fingerprint density at radius 2 is 2.38 bits per heavy atom. The van der Waals surface area contributed by atoms with E-state index in [0.717, 1.165) is 6.42 Å². The van der Waals surface area contributed by atoms with E-state index >= 15 is 0 Å². The summed E-state index contributed by atoms with van der Waals surface area (Å²) in [5.74, 6) is -0.125. The Balaban J connectivity index is 2.30. The van der Waals surface area contributed by atoms with Crippen LogP contribution in [0.2, 0.25) is 0 Å². The summed E-state index contributed by atoms with van der Waals surface area (Å²) >= 11 is 0. The van der Waals surface area contributed by atoms with Crippen LogP contribution in [0.3, 0.4) is 0 Å². The first kappa shape index (κ1) is 13.0. The summed E-state index contributed by atoms with van der Waals surface area (Å²) in [6, 6.07) is 0.0950. The lowest BCUT2D eigenvalue weighted by Gasteiger charge is -2.14. The first-order chi connectivity index (χ1) is 7.54. The fourth-order valence-corrected chi connectivity index (χ4v) is 1.82. The van der Waals surface area contributed by atoms with Crippen molar-refractivity contribution in [2.45, 2.75) is 32.7 Å². The van der Waals surface area contributed by atoms with Gasteiger partial charge in [0.15, 0.2) is 0 Å². The lowest BCUT2D eigenvalue weighted by atomic mass is 10.1. The molecule has 0 saturated carbocycles. The van der Waals surface area contributed by atoms with Crippen molar-refractivity contribution < 1.29 is 9.59 Å². The van der Waals surface area contributed by atoms with E-state index < -0.39 is 0 Å². The van der Waals surface area contributed by atoms with E-state index in [9.17, 15) is 9.59 Å². The Labute approximate surface area is 96.4 Å². The Hall–Kier alpha value is -1.10. The van der Waals surface area contributed by atoms with Crippen molar-refractivity contribution in [1.82, 2.24) is 10.2 Å². The van der Waals surface area contributed by atoms with Crippen molar-refractivity contribution in [1.29, 1.82) is 0 Å². The van der Waals surface area contributed by atoms with Gasteiger partial charge in [-0.05, 0) is 20.3 Å². The number of nitrogens with two attached hydrogens (primary N) is 1. The molecule has 1 aliphatic rings. The quantitative estimate of drug-likeness (QED) is 0.677. The molecule has 0 aromatic rings. The second kappa shape index (κ2) is 5.84. The monoisotopic (exact) mass is 227 g/mol. The van der Waals surface area contributed by atoms with Gasteiger partial charge in [-0.1, -0.05) is 0 Å². The van der Waals surface area contributed by atoms with E-state index in [0.29, 0.717) is 26.1 Å². The molecule has 0 bridgehead atoms. The van der Waals surface area contributed by atoms with E-state index in [1.54, 1.807) is 4.90 Å². The highest BCUT2D eigenvalue weighted by molar-refractivity contribution is 5.89. The van der Waals surface area contributed by atoms with Gasteiger partial charge in [-0.3, -0.25) is 9.59 Å². The number of nitrogens with one attached hydrogen (secondary N) is 1. The lowest BCUT2D eigenvalue weighted by molar-refractivity contribution is -0.128. The highest BCUT2D eigenvalue weighted by Crippen LogP contribution is 2.17. The van der Waals surface area contributed by atoms with E-state index in [-0.39, 0.29) is 23.8 Å². The Bertz CT molecular complexity index is 266. The maximum absolute atomic E-state index is 11.7. The SMILES string of the molecule is CCN1CC(C(=O)NCCC(C)N)CC1=O. The van der Waals surface area contributed by atoms with Crippen LogP contribution in [0.25, 0.3) is 0 Å². The molecule has 0 aromatic carbocycles. The molecule has 0 aliphatic carbocycles. The molecule has 0 aromatic heterocycles. The van der Waals surface area contributed by atoms with Crippen LogP contribution in [0, 0.1) is 5.92 Å². The van der Waals surface area contributed by atoms with Crippen molar-refractivity contribution in [3.8, 4) is 0 Å². The summed E-state index contributed by atoms with van der Waals surface area (Å²) in [4.78, 5) is 24.8. The predicted molar refractivity (Wildman–Crippen MR) is 61.6 cm³/mol. The highest BCUT2D eigenvalue weighted by atomic mass is 16.2. The number of rotatable bonds is 5. The van der Waals surface area contributed by atoms with E-state index in [4.69, 9.17) is 5.73 Å². The molecule has 92 valence electrons. The summed E-state index contributed by atoms with van der Waals surface area (Å²) in [7, 11) is 0. The fourth-order valence-electron chi connectivity index (χ4n) is 1.82. The van der Waals surface area contributed by atoms with E-state index in [1.807, 2.05) is 13.8 Å². The van der Waals surface area contributed by atoms with Gasteiger partial charge in [0.2, 0.25) is 11.8 Å². The highest BCUT2D eigenvalue weighted by Gasteiger charge is 2.32. The maximum Gasteiger partial charge on any atom is 0.225 e. The smallest absolute Gasteiger partial charge is 0.225 e. The van der Waals surface area contributed by atoms with E-state index in [1.165, 1.54) is 0 Å². The molecule has 0 spiro atoms. The molecule has 2 unspecified atom stereocenters. The summed E-state index contributed by atoms with van der Waals surface area (Å²) in [5.41, 5.74) is 5.58.